The van der Waals surface area contributed by atoms with E-state index < -0.39 is 0 Å². The van der Waals surface area contributed by atoms with Crippen LogP contribution in [0.5, 0.6) is 0 Å². The number of carbonyl (C=O) groups excluding carboxylic acids is 2. The highest BCUT2D eigenvalue weighted by Crippen LogP contribution is 2.13. The van der Waals surface area contributed by atoms with E-state index >= 15 is 0 Å². The second-order valence-corrected chi connectivity index (χ2v) is 2.52. The topological polar surface area (TPSA) is 46.6 Å². The van der Waals surface area contributed by atoms with Gasteiger partial charge in [-0.15, -0.1) is 0 Å². The number of ether oxygens (including phenoxy) is 1. The van der Waals surface area contributed by atoms with Crippen molar-refractivity contribution in [1.82, 2.24) is 4.90 Å². The van der Waals surface area contributed by atoms with E-state index in [4.69, 9.17) is 0 Å². The van der Waals surface area contributed by atoms with Crippen LogP contribution in [0.25, 0.3) is 0 Å². The van der Waals surface area contributed by atoms with Crippen molar-refractivity contribution in [2.75, 3.05) is 6.73 Å². The predicted molar refractivity (Wildman–Crippen MR) is 37.6 cm³/mol. The van der Waals surface area contributed by atoms with Crippen molar-refractivity contribution in [3.8, 4) is 0 Å². The lowest BCUT2D eigenvalue weighted by atomic mass is 10.2. The van der Waals surface area contributed by atoms with Gasteiger partial charge in [-0.2, -0.15) is 0 Å². The summed E-state index contributed by atoms with van der Waals surface area (Å²) in [5.41, 5.74) is 0. The molecule has 4 heteroatoms. The van der Waals surface area contributed by atoms with Crippen LogP contribution in [0, 0.1) is 0 Å². The summed E-state index contributed by atoms with van der Waals surface area (Å²) in [6.45, 7) is 2.08. The molecule has 0 radical (unpaired) electrons. The van der Waals surface area contributed by atoms with Gasteiger partial charge in [-0.3, -0.25) is 9.69 Å². The summed E-state index contributed by atoms with van der Waals surface area (Å²) >= 11 is 0. The first-order valence-corrected chi connectivity index (χ1v) is 3.67. The summed E-state index contributed by atoms with van der Waals surface area (Å²) in [6.07, 6.45) is 2.23. The second kappa shape index (κ2) is 3.37. The first kappa shape index (κ1) is 8.04. The second-order valence-electron chi connectivity index (χ2n) is 2.52. The maximum Gasteiger partial charge on any atom is 0.330 e. The van der Waals surface area contributed by atoms with E-state index in [1.54, 1.807) is 0 Å². The average molecular weight is 157 g/mol. The Labute approximate surface area is 65.1 Å². The number of hydrogen-bond donors (Lipinski definition) is 0. The van der Waals surface area contributed by atoms with Gasteiger partial charge < -0.3 is 4.74 Å². The molecule has 1 aliphatic rings. The van der Waals surface area contributed by atoms with Gasteiger partial charge in [-0.25, -0.2) is 4.79 Å². The van der Waals surface area contributed by atoms with Crippen molar-refractivity contribution in [3.63, 3.8) is 0 Å². The molecule has 1 rings (SSSR count). The molecule has 62 valence electrons. The molecule has 1 aliphatic heterocycles. The fourth-order valence-electron chi connectivity index (χ4n) is 1.12. The number of hydrogen-bond acceptors (Lipinski definition) is 3. The van der Waals surface area contributed by atoms with E-state index in [-0.39, 0.29) is 18.7 Å². The fourth-order valence-corrected chi connectivity index (χ4v) is 1.12. The molecule has 0 bridgehead atoms. The van der Waals surface area contributed by atoms with Crippen LogP contribution >= 0.6 is 0 Å². The van der Waals surface area contributed by atoms with Crippen LogP contribution in [0.15, 0.2) is 0 Å². The normalized spacial score (nSPS) is 23.5. The Hall–Kier alpha value is -1.06. The summed E-state index contributed by atoms with van der Waals surface area (Å²) in [5, 5.41) is 0. The van der Waals surface area contributed by atoms with Gasteiger partial charge in [0.15, 0.2) is 6.73 Å². The molecule has 0 spiro atoms. The van der Waals surface area contributed by atoms with Crippen LogP contribution in [0.2, 0.25) is 0 Å². The van der Waals surface area contributed by atoms with Crippen LogP contribution in [0.3, 0.4) is 0 Å². The van der Waals surface area contributed by atoms with Crippen LogP contribution in [-0.2, 0) is 14.3 Å². The van der Waals surface area contributed by atoms with Gasteiger partial charge in [0.25, 0.3) is 0 Å². The van der Waals surface area contributed by atoms with E-state index in [0.29, 0.717) is 12.8 Å². The summed E-state index contributed by atoms with van der Waals surface area (Å²) in [7, 11) is 0. The minimum atomic E-state index is -0.336. The Morgan fingerprint density at radius 2 is 2.55 bits per heavy atom. The van der Waals surface area contributed by atoms with Gasteiger partial charge in [0, 0.05) is 0 Å². The molecule has 0 aromatic carbocycles. The number of carbonyl (C=O) groups is 2. The van der Waals surface area contributed by atoms with Gasteiger partial charge in [0.2, 0.25) is 6.41 Å². The molecule has 4 nitrogen and oxygen atoms in total. The Balaban J connectivity index is 2.55. The zero-order chi connectivity index (χ0) is 8.27. The first-order valence-electron chi connectivity index (χ1n) is 3.67. The van der Waals surface area contributed by atoms with Gasteiger partial charge in [-0.1, -0.05) is 13.3 Å². The van der Waals surface area contributed by atoms with E-state index in [0.717, 1.165) is 6.42 Å². The highest BCUT2D eigenvalue weighted by Gasteiger charge is 2.32. The summed E-state index contributed by atoms with van der Waals surface area (Å²) in [4.78, 5) is 22.6. The fraction of sp³-hybridized carbons (Fsp3) is 0.714. The highest BCUT2D eigenvalue weighted by molar-refractivity contribution is 5.80. The van der Waals surface area contributed by atoms with Crippen LogP contribution in [-0.4, -0.2) is 30.1 Å². The number of rotatable bonds is 3. The van der Waals surface area contributed by atoms with Gasteiger partial charge in [0.05, 0.1) is 0 Å². The van der Waals surface area contributed by atoms with Crippen LogP contribution in [0.1, 0.15) is 19.8 Å². The number of cyclic esters (lactones) is 1. The molecule has 1 saturated heterocycles. The van der Waals surface area contributed by atoms with Crippen molar-refractivity contribution in [2.24, 2.45) is 0 Å². The van der Waals surface area contributed by atoms with E-state index in [1.165, 1.54) is 4.90 Å². The SMILES string of the molecule is CCCC1C(=O)OCN1C=O. The molecular weight excluding hydrogens is 146 g/mol. The smallest absolute Gasteiger partial charge is 0.330 e. The quantitative estimate of drug-likeness (QED) is 0.432. The van der Waals surface area contributed by atoms with Crippen LogP contribution < -0.4 is 0 Å². The molecule has 1 unspecified atom stereocenters. The Bertz CT molecular complexity index is 169. The lowest BCUT2D eigenvalue weighted by molar-refractivity contribution is -0.139. The Kier molecular flexibility index (Phi) is 2.46. The van der Waals surface area contributed by atoms with E-state index in [9.17, 15) is 9.59 Å². The zero-order valence-corrected chi connectivity index (χ0v) is 6.45. The minimum absolute atomic E-state index is 0.118. The molecule has 1 fully saturated rings. The number of nitrogens with zero attached hydrogens (tertiary/aromatic N) is 1. The standard InChI is InChI=1S/C7H11NO3/c1-2-3-6-7(10)11-5-8(6)4-9/h4,6H,2-3,5H2,1H3. The van der Waals surface area contributed by atoms with Gasteiger partial charge in [0.1, 0.15) is 6.04 Å². The Morgan fingerprint density at radius 1 is 1.82 bits per heavy atom. The van der Waals surface area contributed by atoms with Crippen LogP contribution in [0.4, 0.5) is 0 Å². The monoisotopic (exact) mass is 157 g/mol. The largest absolute Gasteiger partial charge is 0.443 e. The summed E-state index contributed by atoms with van der Waals surface area (Å²) in [6, 6.07) is -0.336. The van der Waals surface area contributed by atoms with E-state index in [1.807, 2.05) is 6.92 Å². The first-order chi connectivity index (χ1) is 5.29. The van der Waals surface area contributed by atoms with Crippen molar-refractivity contribution in [1.29, 1.82) is 0 Å². The third kappa shape index (κ3) is 1.50. The lowest BCUT2D eigenvalue weighted by Crippen LogP contribution is -2.31. The zero-order valence-electron chi connectivity index (χ0n) is 6.45. The van der Waals surface area contributed by atoms with Crippen molar-refractivity contribution in [2.45, 2.75) is 25.8 Å². The molecule has 0 aromatic rings. The average Bonchev–Trinajstić information content (AvgIpc) is 2.34. The minimum Gasteiger partial charge on any atom is -0.443 e. The summed E-state index contributed by atoms with van der Waals surface area (Å²) in [5.74, 6) is -0.279. The Morgan fingerprint density at radius 3 is 3.09 bits per heavy atom. The lowest BCUT2D eigenvalue weighted by Gasteiger charge is -2.12. The maximum atomic E-state index is 10.9. The third-order valence-electron chi connectivity index (χ3n) is 1.73. The highest BCUT2D eigenvalue weighted by atomic mass is 16.6. The molecule has 0 saturated carbocycles. The number of amides is 1. The third-order valence-corrected chi connectivity index (χ3v) is 1.73. The van der Waals surface area contributed by atoms with Gasteiger partial charge >= 0.3 is 5.97 Å². The predicted octanol–water partition coefficient (Wildman–Crippen LogP) is 0.128. The summed E-state index contributed by atoms with van der Waals surface area (Å²) < 4.78 is 4.68. The molecule has 0 aromatic heterocycles. The molecule has 11 heavy (non-hydrogen) atoms. The number of esters is 1. The van der Waals surface area contributed by atoms with Crippen molar-refractivity contribution >= 4 is 12.4 Å². The maximum absolute atomic E-state index is 10.9. The molecular formula is C7H11NO3. The van der Waals surface area contributed by atoms with E-state index in [2.05, 4.69) is 4.74 Å². The van der Waals surface area contributed by atoms with Gasteiger partial charge in [-0.05, 0) is 6.42 Å². The van der Waals surface area contributed by atoms with Crippen molar-refractivity contribution in [3.05, 3.63) is 0 Å². The molecule has 1 amide bonds. The molecule has 1 atom stereocenters. The molecule has 0 aliphatic carbocycles. The molecule has 1 heterocycles. The van der Waals surface area contributed by atoms with Crippen molar-refractivity contribution < 1.29 is 14.3 Å². The molecule has 0 N–H and O–H groups in total.